The maximum absolute atomic E-state index is 12.8. The van der Waals surface area contributed by atoms with Crippen LogP contribution in [0.25, 0.3) is 0 Å². The van der Waals surface area contributed by atoms with E-state index in [1.807, 2.05) is 30.0 Å². The van der Waals surface area contributed by atoms with Crippen LogP contribution in [0.4, 0.5) is 4.79 Å². The summed E-state index contributed by atoms with van der Waals surface area (Å²) in [6, 6.07) is 10.0. The lowest BCUT2D eigenvalue weighted by atomic mass is 9.86. The van der Waals surface area contributed by atoms with Gasteiger partial charge in [0.25, 0.3) is 5.91 Å². The molecule has 2 aliphatic rings. The number of nitrogens with one attached hydrogen (secondary N) is 1. The Morgan fingerprint density at radius 3 is 2.45 bits per heavy atom. The molecule has 5 heteroatoms. The standard InChI is InChI=1S/C17H23N3O2/c1-2-19-15(21)17(9-11-18-12-10-17)20(16(19)22)13-8-14-6-4-3-5-7-14/h3-7,18H,2,8-13H2,1H3. The highest BCUT2D eigenvalue weighted by Crippen LogP contribution is 2.35. The minimum Gasteiger partial charge on any atom is -0.317 e. The normalized spacial score (nSPS) is 21.0. The van der Waals surface area contributed by atoms with Gasteiger partial charge in [-0.05, 0) is 44.8 Å². The molecule has 118 valence electrons. The molecule has 0 aromatic heterocycles. The zero-order valence-corrected chi connectivity index (χ0v) is 13.0. The number of piperidine rings is 1. The highest BCUT2D eigenvalue weighted by Gasteiger charge is 2.56. The Kier molecular flexibility index (Phi) is 4.16. The number of rotatable bonds is 4. The van der Waals surface area contributed by atoms with Crippen LogP contribution in [0, 0.1) is 0 Å². The van der Waals surface area contributed by atoms with Gasteiger partial charge in [0.2, 0.25) is 0 Å². The van der Waals surface area contributed by atoms with E-state index in [-0.39, 0.29) is 11.9 Å². The van der Waals surface area contributed by atoms with Crippen LogP contribution >= 0.6 is 0 Å². The average Bonchev–Trinajstić information content (AvgIpc) is 2.75. The lowest BCUT2D eigenvalue weighted by Gasteiger charge is -2.38. The second kappa shape index (κ2) is 6.08. The van der Waals surface area contributed by atoms with Crippen LogP contribution in [0.5, 0.6) is 0 Å². The lowest BCUT2D eigenvalue weighted by molar-refractivity contribution is -0.134. The van der Waals surface area contributed by atoms with E-state index in [4.69, 9.17) is 0 Å². The van der Waals surface area contributed by atoms with Gasteiger partial charge in [-0.3, -0.25) is 9.69 Å². The van der Waals surface area contributed by atoms with Crippen LogP contribution in [-0.4, -0.2) is 53.5 Å². The van der Waals surface area contributed by atoms with Crippen molar-refractivity contribution in [2.45, 2.75) is 31.7 Å². The molecule has 0 saturated carbocycles. The van der Waals surface area contributed by atoms with Crippen LogP contribution in [0.1, 0.15) is 25.3 Å². The molecular formula is C17H23N3O2. The Bertz CT molecular complexity index is 552. The summed E-state index contributed by atoms with van der Waals surface area (Å²) in [5.74, 6) is -0.00504. The van der Waals surface area contributed by atoms with Gasteiger partial charge >= 0.3 is 6.03 Å². The number of imide groups is 1. The Labute approximate surface area is 131 Å². The molecule has 2 fully saturated rings. The number of nitrogens with zero attached hydrogens (tertiary/aromatic N) is 2. The van der Waals surface area contributed by atoms with Crippen molar-refractivity contribution >= 4 is 11.9 Å². The van der Waals surface area contributed by atoms with Gasteiger partial charge in [-0.1, -0.05) is 30.3 Å². The second-order valence-electron chi connectivity index (χ2n) is 6.00. The van der Waals surface area contributed by atoms with E-state index in [1.165, 1.54) is 10.5 Å². The number of likely N-dealkylation sites (N-methyl/N-ethyl adjacent to an activating group) is 1. The molecule has 3 rings (SSSR count). The number of carbonyl (C=O) groups is 2. The van der Waals surface area contributed by atoms with E-state index >= 15 is 0 Å². The summed E-state index contributed by atoms with van der Waals surface area (Å²) < 4.78 is 0. The molecule has 1 N–H and O–H groups in total. The molecule has 1 aromatic carbocycles. The molecular weight excluding hydrogens is 278 g/mol. The van der Waals surface area contributed by atoms with Crippen molar-refractivity contribution in [3.05, 3.63) is 35.9 Å². The van der Waals surface area contributed by atoms with Gasteiger partial charge < -0.3 is 10.2 Å². The fourth-order valence-electron chi connectivity index (χ4n) is 3.58. The molecule has 2 aliphatic heterocycles. The summed E-state index contributed by atoms with van der Waals surface area (Å²) in [5.41, 5.74) is 0.578. The number of carbonyl (C=O) groups excluding carboxylic acids is 2. The summed E-state index contributed by atoms with van der Waals surface area (Å²) >= 11 is 0. The van der Waals surface area contributed by atoms with Crippen LogP contribution < -0.4 is 5.32 Å². The molecule has 0 atom stereocenters. The summed E-state index contributed by atoms with van der Waals surface area (Å²) in [6.07, 6.45) is 2.21. The van der Waals surface area contributed by atoms with Gasteiger partial charge in [-0.15, -0.1) is 0 Å². The first-order valence-electron chi connectivity index (χ1n) is 8.07. The van der Waals surface area contributed by atoms with Crippen LogP contribution in [0.15, 0.2) is 30.3 Å². The molecule has 3 amide bonds. The lowest BCUT2D eigenvalue weighted by Crippen LogP contribution is -2.56. The van der Waals surface area contributed by atoms with E-state index < -0.39 is 5.54 Å². The molecule has 1 spiro atoms. The third-order valence-electron chi connectivity index (χ3n) is 4.84. The Morgan fingerprint density at radius 1 is 1.14 bits per heavy atom. The number of benzene rings is 1. The molecule has 5 nitrogen and oxygen atoms in total. The minimum atomic E-state index is -0.618. The summed E-state index contributed by atoms with van der Waals surface area (Å²) in [5, 5.41) is 3.29. The van der Waals surface area contributed by atoms with E-state index in [2.05, 4.69) is 17.4 Å². The van der Waals surface area contributed by atoms with E-state index in [0.29, 0.717) is 25.9 Å². The van der Waals surface area contributed by atoms with Crippen molar-refractivity contribution in [3.63, 3.8) is 0 Å². The fraction of sp³-hybridized carbons (Fsp3) is 0.529. The SMILES string of the molecule is CCN1C(=O)N(CCc2ccccc2)C2(CCNCC2)C1=O. The van der Waals surface area contributed by atoms with Crippen molar-refractivity contribution in [1.82, 2.24) is 15.1 Å². The van der Waals surface area contributed by atoms with Crippen molar-refractivity contribution < 1.29 is 9.59 Å². The van der Waals surface area contributed by atoms with Gasteiger partial charge in [0.05, 0.1) is 0 Å². The Morgan fingerprint density at radius 2 is 1.82 bits per heavy atom. The van der Waals surface area contributed by atoms with E-state index in [9.17, 15) is 9.59 Å². The van der Waals surface area contributed by atoms with Gasteiger partial charge in [0.15, 0.2) is 0 Å². The number of urea groups is 1. The molecule has 2 saturated heterocycles. The van der Waals surface area contributed by atoms with Crippen LogP contribution in [0.2, 0.25) is 0 Å². The third-order valence-corrected chi connectivity index (χ3v) is 4.84. The summed E-state index contributed by atoms with van der Waals surface area (Å²) in [7, 11) is 0. The third kappa shape index (κ3) is 2.39. The molecule has 0 unspecified atom stereocenters. The van der Waals surface area contributed by atoms with Gasteiger partial charge in [0.1, 0.15) is 5.54 Å². The topological polar surface area (TPSA) is 52.7 Å². The Hall–Kier alpha value is -1.88. The van der Waals surface area contributed by atoms with Crippen molar-refractivity contribution in [2.24, 2.45) is 0 Å². The molecule has 22 heavy (non-hydrogen) atoms. The highest BCUT2D eigenvalue weighted by atomic mass is 16.2. The monoisotopic (exact) mass is 301 g/mol. The minimum absolute atomic E-state index is 0.00504. The Balaban J connectivity index is 1.82. The van der Waals surface area contributed by atoms with Gasteiger partial charge in [0, 0.05) is 13.1 Å². The molecule has 0 radical (unpaired) electrons. The smallest absolute Gasteiger partial charge is 0.317 e. The van der Waals surface area contributed by atoms with E-state index in [0.717, 1.165) is 19.5 Å². The first kappa shape index (κ1) is 15.0. The molecule has 0 aliphatic carbocycles. The zero-order chi connectivity index (χ0) is 15.6. The van der Waals surface area contributed by atoms with Crippen molar-refractivity contribution in [1.29, 1.82) is 0 Å². The predicted octanol–water partition coefficient (Wildman–Crippen LogP) is 1.64. The second-order valence-corrected chi connectivity index (χ2v) is 6.00. The largest absolute Gasteiger partial charge is 0.327 e. The van der Waals surface area contributed by atoms with Crippen molar-refractivity contribution in [2.75, 3.05) is 26.2 Å². The summed E-state index contributed by atoms with van der Waals surface area (Å²) in [4.78, 5) is 28.7. The molecule has 0 bridgehead atoms. The first-order valence-corrected chi connectivity index (χ1v) is 8.07. The average molecular weight is 301 g/mol. The zero-order valence-electron chi connectivity index (χ0n) is 13.0. The van der Waals surface area contributed by atoms with Crippen LogP contribution in [0.3, 0.4) is 0 Å². The predicted molar refractivity (Wildman–Crippen MR) is 84.5 cm³/mol. The number of hydrogen-bond acceptors (Lipinski definition) is 3. The maximum Gasteiger partial charge on any atom is 0.327 e. The van der Waals surface area contributed by atoms with E-state index in [1.54, 1.807) is 0 Å². The fourth-order valence-corrected chi connectivity index (χ4v) is 3.58. The quantitative estimate of drug-likeness (QED) is 0.860. The first-order chi connectivity index (χ1) is 10.7. The molecule has 1 aromatic rings. The molecule has 2 heterocycles. The van der Waals surface area contributed by atoms with Gasteiger partial charge in [-0.2, -0.15) is 0 Å². The number of hydrogen-bond donors (Lipinski definition) is 1. The highest BCUT2D eigenvalue weighted by molar-refractivity contribution is 6.07. The number of amides is 3. The maximum atomic E-state index is 12.8. The van der Waals surface area contributed by atoms with Crippen LogP contribution in [-0.2, 0) is 11.2 Å². The van der Waals surface area contributed by atoms with Crippen molar-refractivity contribution in [3.8, 4) is 0 Å². The summed E-state index contributed by atoms with van der Waals surface area (Å²) in [6.45, 7) is 4.50. The van der Waals surface area contributed by atoms with Gasteiger partial charge in [-0.25, -0.2) is 4.79 Å².